The van der Waals surface area contributed by atoms with Crippen LogP contribution in [0.4, 0.5) is 5.69 Å². The van der Waals surface area contributed by atoms with Crippen molar-refractivity contribution in [2.75, 3.05) is 5.32 Å². The third kappa shape index (κ3) is 2.40. The van der Waals surface area contributed by atoms with Crippen LogP contribution in [0.5, 0.6) is 0 Å². The summed E-state index contributed by atoms with van der Waals surface area (Å²) in [6, 6.07) is 14.1. The lowest BCUT2D eigenvalue weighted by atomic mass is 10.0. The number of anilines is 1. The second kappa shape index (κ2) is 5.17. The van der Waals surface area contributed by atoms with Crippen molar-refractivity contribution in [2.45, 2.75) is 13.3 Å². The SMILES string of the molecule is Cc1[nH]ncc1NC(=O)Cc1cccc2ccccc12. The van der Waals surface area contributed by atoms with Gasteiger partial charge in [0.05, 0.1) is 24.0 Å². The molecule has 3 rings (SSSR count). The van der Waals surface area contributed by atoms with E-state index >= 15 is 0 Å². The van der Waals surface area contributed by atoms with E-state index < -0.39 is 0 Å². The molecule has 1 amide bonds. The molecule has 20 heavy (non-hydrogen) atoms. The van der Waals surface area contributed by atoms with Gasteiger partial charge in [-0.05, 0) is 23.3 Å². The Kier molecular flexibility index (Phi) is 3.21. The molecular weight excluding hydrogens is 250 g/mol. The van der Waals surface area contributed by atoms with Crippen LogP contribution in [-0.4, -0.2) is 16.1 Å². The third-order valence-electron chi connectivity index (χ3n) is 3.33. The van der Waals surface area contributed by atoms with Gasteiger partial charge in [-0.2, -0.15) is 5.10 Å². The minimum atomic E-state index is -0.0362. The molecular formula is C16H15N3O. The zero-order valence-electron chi connectivity index (χ0n) is 11.2. The highest BCUT2D eigenvalue weighted by molar-refractivity contribution is 5.96. The molecule has 0 aliphatic carbocycles. The Morgan fingerprint density at radius 2 is 2.00 bits per heavy atom. The molecule has 100 valence electrons. The maximum absolute atomic E-state index is 12.1. The molecule has 0 aliphatic rings. The summed E-state index contributed by atoms with van der Waals surface area (Å²) in [7, 11) is 0. The first kappa shape index (κ1) is 12.4. The first-order chi connectivity index (χ1) is 9.74. The zero-order valence-corrected chi connectivity index (χ0v) is 11.2. The number of aryl methyl sites for hydroxylation is 1. The number of fused-ring (bicyclic) bond motifs is 1. The van der Waals surface area contributed by atoms with E-state index in [9.17, 15) is 4.79 Å². The van der Waals surface area contributed by atoms with Crippen molar-refractivity contribution in [2.24, 2.45) is 0 Å². The second-order valence-corrected chi connectivity index (χ2v) is 4.77. The Bertz CT molecular complexity index is 756. The summed E-state index contributed by atoms with van der Waals surface area (Å²) in [6.45, 7) is 1.88. The van der Waals surface area contributed by atoms with Gasteiger partial charge in [-0.25, -0.2) is 0 Å². The van der Waals surface area contributed by atoms with E-state index in [0.717, 1.165) is 27.7 Å². The van der Waals surface area contributed by atoms with Gasteiger partial charge < -0.3 is 5.32 Å². The van der Waals surface area contributed by atoms with Gasteiger partial charge in [0, 0.05) is 0 Å². The number of hydrogen-bond acceptors (Lipinski definition) is 2. The fourth-order valence-electron chi connectivity index (χ4n) is 2.29. The molecule has 0 bridgehead atoms. The number of amides is 1. The summed E-state index contributed by atoms with van der Waals surface area (Å²) in [5.74, 6) is -0.0362. The molecule has 2 aromatic carbocycles. The summed E-state index contributed by atoms with van der Waals surface area (Å²) in [5.41, 5.74) is 2.62. The van der Waals surface area contributed by atoms with Crippen LogP contribution in [0.25, 0.3) is 10.8 Å². The Morgan fingerprint density at radius 1 is 1.20 bits per heavy atom. The van der Waals surface area contributed by atoms with E-state index in [2.05, 4.69) is 27.6 Å². The highest BCUT2D eigenvalue weighted by atomic mass is 16.1. The molecule has 0 radical (unpaired) electrons. The van der Waals surface area contributed by atoms with Crippen LogP contribution < -0.4 is 5.32 Å². The van der Waals surface area contributed by atoms with Crippen molar-refractivity contribution in [3.63, 3.8) is 0 Å². The minimum Gasteiger partial charge on any atom is -0.323 e. The van der Waals surface area contributed by atoms with E-state index in [1.807, 2.05) is 37.3 Å². The second-order valence-electron chi connectivity index (χ2n) is 4.77. The fraction of sp³-hybridized carbons (Fsp3) is 0.125. The number of nitrogens with one attached hydrogen (secondary N) is 2. The third-order valence-corrected chi connectivity index (χ3v) is 3.33. The van der Waals surface area contributed by atoms with E-state index in [1.54, 1.807) is 6.20 Å². The lowest BCUT2D eigenvalue weighted by Crippen LogP contribution is -2.14. The van der Waals surface area contributed by atoms with E-state index in [1.165, 1.54) is 0 Å². The maximum Gasteiger partial charge on any atom is 0.228 e. The van der Waals surface area contributed by atoms with Crippen molar-refractivity contribution in [1.29, 1.82) is 0 Å². The van der Waals surface area contributed by atoms with Crippen LogP contribution in [0.2, 0.25) is 0 Å². The van der Waals surface area contributed by atoms with Gasteiger partial charge >= 0.3 is 0 Å². The number of hydrogen-bond donors (Lipinski definition) is 2. The maximum atomic E-state index is 12.1. The minimum absolute atomic E-state index is 0.0362. The highest BCUT2D eigenvalue weighted by Crippen LogP contribution is 2.19. The summed E-state index contributed by atoms with van der Waals surface area (Å²) < 4.78 is 0. The predicted octanol–water partition coefficient (Wildman–Crippen LogP) is 3.05. The van der Waals surface area contributed by atoms with Crippen molar-refractivity contribution in [1.82, 2.24) is 10.2 Å². The van der Waals surface area contributed by atoms with E-state index in [4.69, 9.17) is 0 Å². The van der Waals surface area contributed by atoms with E-state index in [-0.39, 0.29) is 5.91 Å². The number of rotatable bonds is 3. The number of carbonyl (C=O) groups excluding carboxylic acids is 1. The highest BCUT2D eigenvalue weighted by Gasteiger charge is 2.09. The molecule has 0 atom stereocenters. The van der Waals surface area contributed by atoms with Crippen LogP contribution in [0.15, 0.2) is 48.7 Å². The molecule has 4 heteroatoms. The van der Waals surface area contributed by atoms with Gasteiger partial charge in [-0.3, -0.25) is 9.89 Å². The topological polar surface area (TPSA) is 57.8 Å². The number of aromatic nitrogens is 2. The Balaban J connectivity index is 1.83. The van der Waals surface area contributed by atoms with Gasteiger partial charge in [0.25, 0.3) is 0 Å². The monoisotopic (exact) mass is 265 g/mol. The van der Waals surface area contributed by atoms with Crippen LogP contribution in [0, 0.1) is 6.92 Å². The molecule has 0 aliphatic heterocycles. The van der Waals surface area contributed by atoms with Gasteiger partial charge in [-0.1, -0.05) is 42.5 Å². The number of benzene rings is 2. The number of H-pyrrole nitrogens is 1. The first-order valence-corrected chi connectivity index (χ1v) is 6.50. The van der Waals surface area contributed by atoms with Crippen LogP contribution >= 0.6 is 0 Å². The molecule has 4 nitrogen and oxygen atoms in total. The van der Waals surface area contributed by atoms with Gasteiger partial charge in [0.2, 0.25) is 5.91 Å². The number of aromatic amines is 1. The lowest BCUT2D eigenvalue weighted by Gasteiger charge is -2.07. The average Bonchev–Trinajstić information content (AvgIpc) is 2.85. The fourth-order valence-corrected chi connectivity index (χ4v) is 2.29. The Labute approximate surface area is 116 Å². The molecule has 0 unspecified atom stereocenters. The van der Waals surface area contributed by atoms with E-state index in [0.29, 0.717) is 6.42 Å². The molecule has 0 fully saturated rings. The van der Waals surface area contributed by atoms with Crippen molar-refractivity contribution in [3.8, 4) is 0 Å². The largest absolute Gasteiger partial charge is 0.323 e. The molecule has 0 spiro atoms. The summed E-state index contributed by atoms with van der Waals surface area (Å²) >= 11 is 0. The quantitative estimate of drug-likeness (QED) is 0.764. The van der Waals surface area contributed by atoms with Crippen molar-refractivity contribution < 1.29 is 4.79 Å². The van der Waals surface area contributed by atoms with Crippen LogP contribution in [0.1, 0.15) is 11.3 Å². The summed E-state index contributed by atoms with van der Waals surface area (Å²) in [5, 5.41) is 11.8. The molecule has 3 aromatic rings. The molecule has 0 saturated heterocycles. The lowest BCUT2D eigenvalue weighted by molar-refractivity contribution is -0.115. The van der Waals surface area contributed by atoms with Gasteiger partial charge in [-0.15, -0.1) is 0 Å². The molecule has 2 N–H and O–H groups in total. The normalized spacial score (nSPS) is 10.7. The number of nitrogens with zero attached hydrogens (tertiary/aromatic N) is 1. The van der Waals surface area contributed by atoms with Crippen molar-refractivity contribution in [3.05, 3.63) is 59.9 Å². The average molecular weight is 265 g/mol. The Morgan fingerprint density at radius 3 is 2.80 bits per heavy atom. The Hall–Kier alpha value is -2.62. The van der Waals surface area contributed by atoms with Gasteiger partial charge in [0.15, 0.2) is 0 Å². The predicted molar refractivity (Wildman–Crippen MR) is 79.6 cm³/mol. The zero-order chi connectivity index (χ0) is 13.9. The van der Waals surface area contributed by atoms with Crippen LogP contribution in [-0.2, 0) is 11.2 Å². The summed E-state index contributed by atoms with van der Waals surface area (Å²) in [4.78, 5) is 12.1. The number of carbonyl (C=O) groups is 1. The molecule has 0 saturated carbocycles. The standard InChI is InChI=1S/C16H15N3O/c1-11-15(10-17-19-11)18-16(20)9-13-7-4-6-12-5-2-3-8-14(12)13/h2-8,10H,9H2,1H3,(H,17,19)(H,18,20). The first-order valence-electron chi connectivity index (χ1n) is 6.50. The van der Waals surface area contributed by atoms with Gasteiger partial charge in [0.1, 0.15) is 0 Å². The summed E-state index contributed by atoms with van der Waals surface area (Å²) in [6.07, 6.45) is 1.97. The van der Waals surface area contributed by atoms with Crippen molar-refractivity contribution >= 4 is 22.4 Å². The smallest absolute Gasteiger partial charge is 0.228 e. The molecule has 1 aromatic heterocycles. The molecule has 1 heterocycles. The van der Waals surface area contributed by atoms with Crippen LogP contribution in [0.3, 0.4) is 0 Å².